The maximum Gasteiger partial charge on any atom is 0.181 e. The highest BCUT2D eigenvalue weighted by molar-refractivity contribution is 5.42. The minimum atomic E-state index is -0.858. The molecule has 2 N–H and O–H groups in total. The number of fused-ring (bicyclic) bond motifs is 2. The zero-order chi connectivity index (χ0) is 9.71. The molecule has 2 aliphatic rings. The van der Waals surface area contributed by atoms with Gasteiger partial charge in [0.15, 0.2) is 12.6 Å². The van der Waals surface area contributed by atoms with Gasteiger partial charge in [0.05, 0.1) is 13.2 Å². The molecule has 0 bridgehead atoms. The zero-order valence-corrected chi connectivity index (χ0v) is 7.43. The summed E-state index contributed by atoms with van der Waals surface area (Å²) in [4.78, 5) is 0. The molecule has 0 radical (unpaired) electrons. The SMILES string of the molecule is OC1OCc2cc3c(cc21)C(O)OC3. The van der Waals surface area contributed by atoms with E-state index >= 15 is 0 Å². The van der Waals surface area contributed by atoms with Crippen molar-refractivity contribution in [3.63, 3.8) is 0 Å². The van der Waals surface area contributed by atoms with Gasteiger partial charge in [-0.25, -0.2) is 0 Å². The first-order valence-electron chi connectivity index (χ1n) is 4.50. The molecule has 1 aromatic rings. The average Bonchev–Trinajstić information content (AvgIpc) is 2.71. The molecule has 2 atom stereocenters. The summed E-state index contributed by atoms with van der Waals surface area (Å²) in [7, 11) is 0. The molecular weight excluding hydrogens is 184 g/mol. The molecule has 74 valence electrons. The fraction of sp³-hybridized carbons (Fsp3) is 0.400. The first kappa shape index (κ1) is 8.38. The molecule has 3 rings (SSSR count). The van der Waals surface area contributed by atoms with E-state index in [-0.39, 0.29) is 0 Å². The second-order valence-corrected chi connectivity index (χ2v) is 3.58. The van der Waals surface area contributed by atoms with E-state index < -0.39 is 12.6 Å². The van der Waals surface area contributed by atoms with Crippen LogP contribution in [0.2, 0.25) is 0 Å². The lowest BCUT2D eigenvalue weighted by Crippen LogP contribution is -1.97. The van der Waals surface area contributed by atoms with Gasteiger partial charge in [-0.2, -0.15) is 0 Å². The van der Waals surface area contributed by atoms with Crippen LogP contribution in [-0.4, -0.2) is 10.2 Å². The summed E-state index contributed by atoms with van der Waals surface area (Å²) < 4.78 is 10.1. The van der Waals surface area contributed by atoms with Crippen molar-refractivity contribution >= 4 is 0 Å². The maximum absolute atomic E-state index is 9.45. The third-order valence-corrected chi connectivity index (χ3v) is 2.73. The molecule has 0 saturated heterocycles. The van der Waals surface area contributed by atoms with Gasteiger partial charge in [0.1, 0.15) is 0 Å². The molecule has 2 aliphatic heterocycles. The minimum Gasteiger partial charge on any atom is -0.364 e. The van der Waals surface area contributed by atoms with Crippen molar-refractivity contribution < 1.29 is 19.7 Å². The molecule has 14 heavy (non-hydrogen) atoms. The third-order valence-electron chi connectivity index (χ3n) is 2.73. The highest BCUT2D eigenvalue weighted by Gasteiger charge is 2.28. The largest absolute Gasteiger partial charge is 0.364 e. The van der Waals surface area contributed by atoms with Gasteiger partial charge < -0.3 is 19.7 Å². The molecule has 0 fully saturated rings. The molecule has 0 aromatic heterocycles. The second-order valence-electron chi connectivity index (χ2n) is 3.58. The summed E-state index contributed by atoms with van der Waals surface area (Å²) in [5.74, 6) is 0. The van der Waals surface area contributed by atoms with Crippen molar-refractivity contribution in [2.24, 2.45) is 0 Å². The van der Waals surface area contributed by atoms with E-state index in [1.54, 1.807) is 6.07 Å². The van der Waals surface area contributed by atoms with Crippen LogP contribution in [0.1, 0.15) is 34.8 Å². The number of benzene rings is 1. The lowest BCUT2D eigenvalue weighted by atomic mass is 10.0. The van der Waals surface area contributed by atoms with Crippen molar-refractivity contribution in [3.8, 4) is 0 Å². The Balaban J connectivity index is 2.15. The summed E-state index contributed by atoms with van der Waals surface area (Å²) in [5.41, 5.74) is 3.45. The minimum absolute atomic E-state index is 0.430. The van der Waals surface area contributed by atoms with Gasteiger partial charge in [-0.1, -0.05) is 6.07 Å². The van der Waals surface area contributed by atoms with Gasteiger partial charge in [-0.3, -0.25) is 0 Å². The van der Waals surface area contributed by atoms with Crippen LogP contribution in [0.3, 0.4) is 0 Å². The topological polar surface area (TPSA) is 58.9 Å². The number of aliphatic hydroxyl groups is 2. The predicted molar refractivity (Wildman–Crippen MR) is 45.9 cm³/mol. The normalized spacial score (nSPS) is 29.0. The summed E-state index contributed by atoms with van der Waals surface area (Å²) in [6.45, 7) is 0.861. The summed E-state index contributed by atoms with van der Waals surface area (Å²) in [6.07, 6.45) is -1.72. The van der Waals surface area contributed by atoms with Crippen molar-refractivity contribution in [1.29, 1.82) is 0 Å². The molecule has 0 saturated carbocycles. The predicted octanol–water partition coefficient (Wildman–Crippen LogP) is 0.729. The molecule has 0 aliphatic carbocycles. The van der Waals surface area contributed by atoms with E-state index in [0.717, 1.165) is 22.3 Å². The molecule has 0 spiro atoms. The Morgan fingerprint density at radius 1 is 0.929 bits per heavy atom. The third kappa shape index (κ3) is 1.02. The number of hydrogen-bond acceptors (Lipinski definition) is 4. The van der Waals surface area contributed by atoms with E-state index in [0.29, 0.717) is 13.2 Å². The lowest BCUT2D eigenvalue weighted by Gasteiger charge is -2.06. The van der Waals surface area contributed by atoms with Crippen LogP contribution < -0.4 is 0 Å². The molecule has 4 nitrogen and oxygen atoms in total. The Morgan fingerprint density at radius 2 is 1.43 bits per heavy atom. The fourth-order valence-corrected chi connectivity index (χ4v) is 1.96. The quantitative estimate of drug-likeness (QED) is 0.639. The van der Waals surface area contributed by atoms with E-state index in [4.69, 9.17) is 9.47 Å². The molecule has 2 heterocycles. The van der Waals surface area contributed by atoms with E-state index in [9.17, 15) is 10.2 Å². The van der Waals surface area contributed by atoms with Crippen LogP contribution in [0.15, 0.2) is 12.1 Å². The van der Waals surface area contributed by atoms with Gasteiger partial charge >= 0.3 is 0 Å². The summed E-state index contributed by atoms with van der Waals surface area (Å²) >= 11 is 0. The van der Waals surface area contributed by atoms with Crippen molar-refractivity contribution in [3.05, 3.63) is 34.4 Å². The fourth-order valence-electron chi connectivity index (χ4n) is 1.96. The summed E-state index contributed by atoms with van der Waals surface area (Å²) in [6, 6.07) is 3.69. The summed E-state index contributed by atoms with van der Waals surface area (Å²) in [5, 5.41) is 18.9. The van der Waals surface area contributed by atoms with Crippen LogP contribution in [0, 0.1) is 0 Å². The van der Waals surface area contributed by atoms with Crippen LogP contribution in [0.5, 0.6) is 0 Å². The van der Waals surface area contributed by atoms with Crippen molar-refractivity contribution in [1.82, 2.24) is 0 Å². The standard InChI is InChI=1S/C10H10O4/c11-9-7-2-8-6(4-14-10(8)12)1-5(7)3-13-9/h1-2,9-12H,3-4H2. The van der Waals surface area contributed by atoms with Crippen molar-refractivity contribution in [2.75, 3.05) is 0 Å². The Morgan fingerprint density at radius 3 is 1.93 bits per heavy atom. The van der Waals surface area contributed by atoms with Crippen molar-refractivity contribution in [2.45, 2.75) is 25.8 Å². The monoisotopic (exact) mass is 194 g/mol. The average molecular weight is 194 g/mol. The van der Waals surface area contributed by atoms with Gasteiger partial charge in [-0.05, 0) is 17.2 Å². The zero-order valence-electron chi connectivity index (χ0n) is 7.43. The first-order valence-corrected chi connectivity index (χ1v) is 4.50. The molecule has 1 aromatic carbocycles. The van der Waals surface area contributed by atoms with Gasteiger partial charge in [0.25, 0.3) is 0 Å². The number of aliphatic hydroxyl groups excluding tert-OH is 2. The smallest absolute Gasteiger partial charge is 0.181 e. The second kappa shape index (κ2) is 2.77. The van der Waals surface area contributed by atoms with E-state index in [1.807, 2.05) is 6.07 Å². The Labute approximate surface area is 80.7 Å². The van der Waals surface area contributed by atoms with Gasteiger partial charge in [0.2, 0.25) is 0 Å². The highest BCUT2D eigenvalue weighted by atomic mass is 16.6. The number of ether oxygens (including phenoxy) is 2. The molecule has 4 heteroatoms. The molecule has 2 unspecified atom stereocenters. The number of rotatable bonds is 0. The Hall–Kier alpha value is -0.940. The molecular formula is C10H10O4. The first-order chi connectivity index (χ1) is 6.75. The maximum atomic E-state index is 9.45. The van der Waals surface area contributed by atoms with Crippen LogP contribution in [0.25, 0.3) is 0 Å². The lowest BCUT2D eigenvalue weighted by molar-refractivity contribution is -0.0952. The molecule has 0 amide bonds. The van der Waals surface area contributed by atoms with Crippen LogP contribution in [0.4, 0.5) is 0 Å². The van der Waals surface area contributed by atoms with Crippen LogP contribution >= 0.6 is 0 Å². The van der Waals surface area contributed by atoms with E-state index in [2.05, 4.69) is 0 Å². The Kier molecular flexibility index (Phi) is 1.66. The van der Waals surface area contributed by atoms with Crippen LogP contribution in [-0.2, 0) is 22.7 Å². The highest BCUT2D eigenvalue weighted by Crippen LogP contribution is 2.36. The van der Waals surface area contributed by atoms with E-state index in [1.165, 1.54) is 0 Å². The number of hydrogen-bond donors (Lipinski definition) is 2. The Bertz CT molecular complexity index is 355. The van der Waals surface area contributed by atoms with Gasteiger partial charge in [-0.15, -0.1) is 0 Å². The van der Waals surface area contributed by atoms with Gasteiger partial charge in [0, 0.05) is 11.1 Å².